The Morgan fingerprint density at radius 3 is 2.32 bits per heavy atom. The Balaban J connectivity index is 2.08. The van der Waals surface area contributed by atoms with Crippen LogP contribution >= 0.6 is 0 Å². The fourth-order valence-electron chi connectivity index (χ4n) is 2.56. The predicted molar refractivity (Wildman–Crippen MR) is 109 cm³/mol. The molecule has 1 aliphatic heterocycles. The van der Waals surface area contributed by atoms with Crippen LogP contribution in [0.1, 0.15) is 12.5 Å². The van der Waals surface area contributed by atoms with E-state index in [1.807, 2.05) is 0 Å². The van der Waals surface area contributed by atoms with E-state index in [1.165, 1.54) is 19.1 Å². The highest BCUT2D eigenvalue weighted by molar-refractivity contribution is 6.09. The van der Waals surface area contributed by atoms with Gasteiger partial charge in [-0.1, -0.05) is 36.4 Å². The largest absolute Gasteiger partial charge is 0.462 e. The van der Waals surface area contributed by atoms with Crippen LogP contribution in [0.25, 0.3) is 0 Å². The molecule has 0 spiro atoms. The minimum absolute atomic E-state index is 0.178. The van der Waals surface area contributed by atoms with Gasteiger partial charge in [-0.2, -0.15) is 28.1 Å². The van der Waals surface area contributed by atoms with Gasteiger partial charge in [0, 0.05) is 11.3 Å². The van der Waals surface area contributed by atoms with Crippen LogP contribution in [0.2, 0.25) is 0 Å². The molecule has 2 aromatic rings. The number of para-hydroxylation sites is 1. The maximum atomic E-state index is 14.1. The third-order valence-electron chi connectivity index (χ3n) is 3.95. The number of ether oxygens (including phenoxy) is 2. The van der Waals surface area contributed by atoms with Gasteiger partial charge in [-0.05, 0) is 31.2 Å². The molecule has 0 aliphatic carbocycles. The van der Waals surface area contributed by atoms with Crippen LogP contribution in [0.4, 0.5) is 18.9 Å². The van der Waals surface area contributed by atoms with Crippen molar-refractivity contribution in [2.24, 2.45) is 20.7 Å². The standard InChI is InChI=1S/C20H18F3N5O3/c1-2-30-16(29)19(20(21,22)23)27-15(13-9-5-3-6-10-13)31-18(28-19)26-17(24)25-14-11-7-4-8-12-14/h3-12H,2H2,1H3,(H3,24,25,26,28)/t19-/m1/s1. The van der Waals surface area contributed by atoms with Crippen molar-refractivity contribution in [3.8, 4) is 0 Å². The topological polar surface area (TPSA) is 111 Å². The van der Waals surface area contributed by atoms with Gasteiger partial charge in [0.05, 0.1) is 6.61 Å². The number of alkyl halides is 3. The number of rotatable bonds is 4. The summed E-state index contributed by atoms with van der Waals surface area (Å²) in [6, 6.07) is 15.5. The minimum atomic E-state index is -5.23. The summed E-state index contributed by atoms with van der Waals surface area (Å²) in [7, 11) is 0. The highest BCUT2D eigenvalue weighted by Crippen LogP contribution is 2.39. The van der Waals surface area contributed by atoms with E-state index in [4.69, 9.17) is 10.5 Å². The van der Waals surface area contributed by atoms with Crippen LogP contribution in [0, 0.1) is 0 Å². The average molecular weight is 433 g/mol. The number of hydrogen-bond acceptors (Lipinski definition) is 6. The SMILES string of the molecule is CCOC(=O)[C@]1(C(F)(F)F)N=C(N=C(N)Nc2ccccc2)OC(c2ccccc2)=N1. The van der Waals surface area contributed by atoms with E-state index in [0.29, 0.717) is 5.69 Å². The molecule has 0 saturated carbocycles. The Labute approximate surface area is 175 Å². The predicted octanol–water partition coefficient (Wildman–Crippen LogP) is 3.07. The van der Waals surface area contributed by atoms with Crippen LogP contribution in [-0.2, 0) is 14.3 Å². The number of carbonyl (C=O) groups excluding carboxylic acids is 1. The Kier molecular flexibility index (Phi) is 6.23. The van der Waals surface area contributed by atoms with Crippen molar-refractivity contribution in [3.63, 3.8) is 0 Å². The van der Waals surface area contributed by atoms with Gasteiger partial charge in [-0.15, -0.1) is 0 Å². The number of carbonyl (C=O) groups is 1. The Morgan fingerprint density at radius 1 is 1.13 bits per heavy atom. The molecule has 3 N–H and O–H groups in total. The molecule has 0 fully saturated rings. The maximum absolute atomic E-state index is 14.1. The molecule has 0 bridgehead atoms. The number of nitrogens with two attached hydrogens (primary N) is 1. The number of hydrogen-bond donors (Lipinski definition) is 2. The molecule has 31 heavy (non-hydrogen) atoms. The molecular weight excluding hydrogens is 415 g/mol. The number of guanidine groups is 1. The van der Waals surface area contributed by atoms with Crippen molar-refractivity contribution in [1.29, 1.82) is 0 Å². The third-order valence-corrected chi connectivity index (χ3v) is 3.95. The molecule has 1 aliphatic rings. The van der Waals surface area contributed by atoms with E-state index in [1.54, 1.807) is 48.5 Å². The van der Waals surface area contributed by atoms with Gasteiger partial charge in [-0.3, -0.25) is 0 Å². The Bertz CT molecular complexity index is 1020. The first kappa shape index (κ1) is 21.8. The maximum Gasteiger partial charge on any atom is 0.446 e. The van der Waals surface area contributed by atoms with Gasteiger partial charge in [0.15, 0.2) is 0 Å². The van der Waals surface area contributed by atoms with Gasteiger partial charge in [-0.25, -0.2) is 4.79 Å². The molecule has 0 aromatic heterocycles. The Hall–Kier alpha value is -3.89. The lowest BCUT2D eigenvalue weighted by atomic mass is 10.1. The van der Waals surface area contributed by atoms with E-state index in [2.05, 4.69) is 25.0 Å². The quantitative estimate of drug-likeness (QED) is 0.437. The third kappa shape index (κ3) is 4.82. The minimum Gasteiger partial charge on any atom is -0.462 e. The number of esters is 1. The molecule has 0 radical (unpaired) electrons. The molecule has 8 nitrogen and oxygen atoms in total. The fraction of sp³-hybridized carbons (Fsp3) is 0.200. The summed E-state index contributed by atoms with van der Waals surface area (Å²) >= 11 is 0. The highest BCUT2D eigenvalue weighted by atomic mass is 19.4. The summed E-state index contributed by atoms with van der Waals surface area (Å²) in [6.07, 6.45) is -5.23. The molecule has 2 aromatic carbocycles. The van der Waals surface area contributed by atoms with Crippen LogP contribution in [0.5, 0.6) is 0 Å². The zero-order valence-corrected chi connectivity index (χ0v) is 16.3. The van der Waals surface area contributed by atoms with Crippen molar-refractivity contribution < 1.29 is 27.4 Å². The molecule has 11 heteroatoms. The molecule has 162 valence electrons. The second-order valence-electron chi connectivity index (χ2n) is 6.16. The summed E-state index contributed by atoms with van der Waals surface area (Å²) in [6.45, 7) is 1.06. The van der Waals surface area contributed by atoms with E-state index >= 15 is 0 Å². The van der Waals surface area contributed by atoms with Crippen molar-refractivity contribution >= 4 is 29.5 Å². The molecule has 3 rings (SSSR count). The zero-order chi connectivity index (χ0) is 22.5. The van der Waals surface area contributed by atoms with Gasteiger partial charge in [0.2, 0.25) is 11.9 Å². The lowest BCUT2D eigenvalue weighted by Crippen LogP contribution is -2.53. The van der Waals surface area contributed by atoms with Crippen LogP contribution in [0.15, 0.2) is 75.6 Å². The number of benzene rings is 2. The molecule has 0 unspecified atom stereocenters. The second kappa shape index (κ2) is 8.86. The molecular formula is C20H18F3N5O3. The van der Waals surface area contributed by atoms with Crippen molar-refractivity contribution in [3.05, 3.63) is 66.2 Å². The van der Waals surface area contributed by atoms with Gasteiger partial charge in [0.25, 0.3) is 0 Å². The van der Waals surface area contributed by atoms with Crippen LogP contribution in [0.3, 0.4) is 0 Å². The summed E-state index contributed by atoms with van der Waals surface area (Å²) in [4.78, 5) is 23.0. The van der Waals surface area contributed by atoms with Crippen LogP contribution in [-0.4, -0.2) is 42.3 Å². The number of nitrogens with zero attached hydrogens (tertiary/aromatic N) is 3. The summed E-state index contributed by atoms with van der Waals surface area (Å²) < 4.78 is 52.1. The van der Waals surface area contributed by atoms with Gasteiger partial charge < -0.3 is 20.5 Å². The first-order valence-corrected chi connectivity index (χ1v) is 9.08. The first-order valence-electron chi connectivity index (χ1n) is 9.08. The van der Waals surface area contributed by atoms with E-state index in [-0.39, 0.29) is 18.1 Å². The zero-order valence-electron chi connectivity index (χ0n) is 16.3. The van der Waals surface area contributed by atoms with Crippen molar-refractivity contribution in [2.45, 2.75) is 18.8 Å². The molecule has 1 heterocycles. The first-order chi connectivity index (χ1) is 14.7. The van der Waals surface area contributed by atoms with Crippen molar-refractivity contribution in [2.75, 3.05) is 11.9 Å². The van der Waals surface area contributed by atoms with Crippen molar-refractivity contribution in [1.82, 2.24) is 0 Å². The summed E-state index contributed by atoms with van der Waals surface area (Å²) in [5, 5.41) is 2.69. The molecule has 0 amide bonds. The number of anilines is 1. The average Bonchev–Trinajstić information content (AvgIpc) is 2.74. The highest BCUT2D eigenvalue weighted by Gasteiger charge is 2.65. The summed E-state index contributed by atoms with van der Waals surface area (Å²) in [5.74, 6) is -2.52. The number of aliphatic imine (C=N–C) groups is 3. The monoisotopic (exact) mass is 433 g/mol. The fourth-order valence-corrected chi connectivity index (χ4v) is 2.56. The lowest BCUT2D eigenvalue weighted by Gasteiger charge is -2.29. The van der Waals surface area contributed by atoms with Gasteiger partial charge in [0.1, 0.15) is 0 Å². The number of amidine groups is 1. The van der Waals surface area contributed by atoms with E-state index < -0.39 is 29.7 Å². The summed E-state index contributed by atoms with van der Waals surface area (Å²) in [5.41, 5.74) is 2.92. The lowest BCUT2D eigenvalue weighted by molar-refractivity contribution is -0.204. The normalized spacial score (nSPS) is 19.0. The van der Waals surface area contributed by atoms with E-state index in [9.17, 15) is 18.0 Å². The number of halogens is 3. The second-order valence-corrected chi connectivity index (χ2v) is 6.16. The van der Waals surface area contributed by atoms with Crippen LogP contribution < -0.4 is 11.1 Å². The van der Waals surface area contributed by atoms with E-state index in [0.717, 1.165) is 0 Å². The van der Waals surface area contributed by atoms with Gasteiger partial charge >= 0.3 is 23.8 Å². The number of nitrogens with one attached hydrogen (secondary N) is 1. The smallest absolute Gasteiger partial charge is 0.446 e. The molecule has 0 saturated heterocycles. The Morgan fingerprint density at radius 2 is 1.74 bits per heavy atom. The molecule has 1 atom stereocenters.